The third kappa shape index (κ3) is 9.01. The van der Waals surface area contributed by atoms with Crippen LogP contribution in [0.3, 0.4) is 0 Å². The molecule has 4 heteroatoms. The molecule has 0 spiro atoms. The minimum absolute atomic E-state index is 0.351. The Morgan fingerprint density at radius 1 is 1.04 bits per heavy atom. The van der Waals surface area contributed by atoms with Gasteiger partial charge in [0.1, 0.15) is 6.29 Å². The fourth-order valence-electron chi connectivity index (χ4n) is 3.34. The van der Waals surface area contributed by atoms with E-state index in [9.17, 15) is 14.7 Å². The van der Waals surface area contributed by atoms with Gasteiger partial charge in [-0.1, -0.05) is 44.3 Å². The maximum atomic E-state index is 11.8. The molecule has 0 radical (unpaired) electrons. The van der Waals surface area contributed by atoms with Crippen LogP contribution in [0.2, 0.25) is 0 Å². The number of ether oxygens (including phenoxy) is 1. The summed E-state index contributed by atoms with van der Waals surface area (Å²) in [4.78, 5) is 22.0. The lowest BCUT2D eigenvalue weighted by Crippen LogP contribution is -2.27. The largest absolute Gasteiger partial charge is 0.463 e. The van der Waals surface area contributed by atoms with Crippen molar-refractivity contribution in [3.63, 3.8) is 0 Å². The van der Waals surface area contributed by atoms with E-state index in [4.69, 9.17) is 4.74 Å². The first-order valence-corrected chi connectivity index (χ1v) is 9.81. The van der Waals surface area contributed by atoms with E-state index < -0.39 is 5.60 Å². The topological polar surface area (TPSA) is 63.6 Å². The first-order valence-electron chi connectivity index (χ1n) is 9.81. The molecule has 0 aromatic carbocycles. The Morgan fingerprint density at radius 2 is 1.68 bits per heavy atom. The Hall–Kier alpha value is -1.42. The average molecular weight is 350 g/mol. The van der Waals surface area contributed by atoms with Crippen molar-refractivity contribution < 1.29 is 19.4 Å². The second-order valence-corrected chi connectivity index (χ2v) is 6.85. The van der Waals surface area contributed by atoms with Gasteiger partial charge in [-0.25, -0.2) is 4.79 Å². The van der Waals surface area contributed by atoms with Crippen molar-refractivity contribution in [1.29, 1.82) is 0 Å². The molecule has 25 heavy (non-hydrogen) atoms. The second kappa shape index (κ2) is 12.9. The first-order chi connectivity index (χ1) is 12.1. The van der Waals surface area contributed by atoms with Gasteiger partial charge in [-0.05, 0) is 51.0 Å². The van der Waals surface area contributed by atoms with E-state index in [2.05, 4.69) is 12.2 Å². The SMILES string of the molecule is CCOC(=O)/C=C(/C/C=C/CCCCCCCC=O)C1(O)CCCC1. The van der Waals surface area contributed by atoms with Gasteiger partial charge < -0.3 is 14.6 Å². The predicted molar refractivity (Wildman–Crippen MR) is 100 cm³/mol. The van der Waals surface area contributed by atoms with Crippen LogP contribution < -0.4 is 0 Å². The Balaban J connectivity index is 2.37. The van der Waals surface area contributed by atoms with E-state index in [-0.39, 0.29) is 5.97 Å². The van der Waals surface area contributed by atoms with Crippen LogP contribution in [0.25, 0.3) is 0 Å². The smallest absolute Gasteiger partial charge is 0.330 e. The molecule has 1 rings (SSSR count). The molecule has 0 bridgehead atoms. The summed E-state index contributed by atoms with van der Waals surface area (Å²) in [5.74, 6) is -0.360. The number of unbranched alkanes of at least 4 members (excludes halogenated alkanes) is 6. The maximum Gasteiger partial charge on any atom is 0.330 e. The standard InChI is InChI=1S/C21H34O4/c1-2-25-20(23)18-19(21(24)15-11-12-16-21)14-10-8-6-4-3-5-7-9-13-17-22/h8,10,17-18,24H,2-7,9,11-16H2,1H3/b10-8+,19-18-. The molecule has 1 fully saturated rings. The highest BCUT2D eigenvalue weighted by Crippen LogP contribution is 2.37. The van der Waals surface area contributed by atoms with Crippen molar-refractivity contribution in [2.75, 3.05) is 6.61 Å². The average Bonchev–Trinajstić information content (AvgIpc) is 3.03. The summed E-state index contributed by atoms with van der Waals surface area (Å²) in [7, 11) is 0. The summed E-state index contributed by atoms with van der Waals surface area (Å²) >= 11 is 0. The summed E-state index contributed by atoms with van der Waals surface area (Å²) in [6.45, 7) is 2.14. The number of carbonyl (C=O) groups is 2. The molecule has 142 valence electrons. The quantitative estimate of drug-likeness (QED) is 0.173. The zero-order chi connectivity index (χ0) is 18.4. The summed E-state index contributed by atoms with van der Waals surface area (Å²) in [6, 6.07) is 0. The molecule has 1 aliphatic carbocycles. The molecule has 0 aromatic rings. The zero-order valence-corrected chi connectivity index (χ0v) is 15.7. The molecule has 0 aromatic heterocycles. The monoisotopic (exact) mass is 350 g/mol. The van der Waals surface area contributed by atoms with Gasteiger partial charge in [-0.2, -0.15) is 0 Å². The lowest BCUT2D eigenvalue weighted by Gasteiger charge is -2.25. The van der Waals surface area contributed by atoms with Crippen LogP contribution in [0.15, 0.2) is 23.8 Å². The van der Waals surface area contributed by atoms with Gasteiger partial charge in [0.25, 0.3) is 0 Å². The summed E-state index contributed by atoms with van der Waals surface area (Å²) < 4.78 is 5.00. The highest BCUT2D eigenvalue weighted by molar-refractivity contribution is 5.83. The van der Waals surface area contributed by atoms with Crippen LogP contribution in [0.4, 0.5) is 0 Å². The fraction of sp³-hybridized carbons (Fsp3) is 0.714. The molecule has 0 saturated heterocycles. The molecule has 0 amide bonds. The minimum Gasteiger partial charge on any atom is -0.463 e. The number of carbonyl (C=O) groups excluding carboxylic acids is 2. The fourth-order valence-corrected chi connectivity index (χ4v) is 3.34. The number of hydrogen-bond acceptors (Lipinski definition) is 4. The number of hydrogen-bond donors (Lipinski definition) is 1. The van der Waals surface area contributed by atoms with E-state index >= 15 is 0 Å². The summed E-state index contributed by atoms with van der Waals surface area (Å²) in [5, 5.41) is 10.8. The third-order valence-corrected chi connectivity index (χ3v) is 4.80. The lowest BCUT2D eigenvalue weighted by molar-refractivity contribution is -0.137. The summed E-state index contributed by atoms with van der Waals surface area (Å²) in [6.07, 6.45) is 18.1. The van der Waals surface area contributed by atoms with Gasteiger partial charge in [0.05, 0.1) is 12.2 Å². The van der Waals surface area contributed by atoms with Crippen molar-refractivity contribution in [1.82, 2.24) is 0 Å². The molecular weight excluding hydrogens is 316 g/mol. The molecule has 1 aliphatic rings. The summed E-state index contributed by atoms with van der Waals surface area (Å²) in [5.41, 5.74) is -0.0519. The van der Waals surface area contributed by atoms with Gasteiger partial charge in [0, 0.05) is 12.5 Å². The van der Waals surface area contributed by atoms with Crippen LogP contribution in [0, 0.1) is 0 Å². The molecule has 0 aliphatic heterocycles. The van der Waals surface area contributed by atoms with Crippen LogP contribution in [-0.4, -0.2) is 29.6 Å². The Morgan fingerprint density at radius 3 is 2.32 bits per heavy atom. The van der Waals surface area contributed by atoms with Crippen molar-refractivity contribution in [3.05, 3.63) is 23.8 Å². The lowest BCUT2D eigenvalue weighted by atomic mass is 9.89. The first kappa shape index (κ1) is 21.6. The maximum absolute atomic E-state index is 11.8. The Bertz CT molecular complexity index is 445. The normalized spacial score (nSPS) is 17.1. The molecule has 1 N–H and O–H groups in total. The van der Waals surface area contributed by atoms with E-state index in [1.54, 1.807) is 6.92 Å². The van der Waals surface area contributed by atoms with Crippen LogP contribution in [-0.2, 0) is 14.3 Å². The van der Waals surface area contributed by atoms with E-state index in [1.807, 2.05) is 0 Å². The highest BCUT2D eigenvalue weighted by Gasteiger charge is 2.34. The van der Waals surface area contributed by atoms with Gasteiger partial charge in [-0.15, -0.1) is 0 Å². The van der Waals surface area contributed by atoms with Crippen molar-refractivity contribution in [2.45, 2.75) is 89.6 Å². The Labute approximate surface area is 152 Å². The molecule has 0 atom stereocenters. The highest BCUT2D eigenvalue weighted by atomic mass is 16.5. The third-order valence-electron chi connectivity index (χ3n) is 4.80. The second-order valence-electron chi connectivity index (χ2n) is 6.85. The van der Waals surface area contributed by atoms with Gasteiger partial charge in [-0.3, -0.25) is 0 Å². The number of aliphatic hydroxyl groups is 1. The minimum atomic E-state index is -0.838. The van der Waals surface area contributed by atoms with Crippen LogP contribution in [0.1, 0.15) is 84.0 Å². The Kier molecular flexibility index (Phi) is 11.1. The van der Waals surface area contributed by atoms with Crippen LogP contribution in [0.5, 0.6) is 0 Å². The van der Waals surface area contributed by atoms with Crippen molar-refractivity contribution >= 4 is 12.3 Å². The van der Waals surface area contributed by atoms with E-state index in [1.165, 1.54) is 18.9 Å². The molecule has 4 nitrogen and oxygen atoms in total. The van der Waals surface area contributed by atoms with Gasteiger partial charge in [0.2, 0.25) is 0 Å². The number of esters is 1. The van der Waals surface area contributed by atoms with Gasteiger partial charge >= 0.3 is 5.97 Å². The van der Waals surface area contributed by atoms with Gasteiger partial charge in [0.15, 0.2) is 0 Å². The zero-order valence-electron chi connectivity index (χ0n) is 15.7. The molecule has 0 unspecified atom stereocenters. The predicted octanol–water partition coefficient (Wildman–Crippen LogP) is 4.66. The van der Waals surface area contributed by atoms with E-state index in [0.717, 1.165) is 63.2 Å². The molecule has 0 heterocycles. The number of aldehydes is 1. The molecule has 1 saturated carbocycles. The molecular formula is C21H34O4. The number of rotatable bonds is 13. The number of allylic oxidation sites excluding steroid dienone is 2. The van der Waals surface area contributed by atoms with Crippen LogP contribution >= 0.6 is 0 Å². The van der Waals surface area contributed by atoms with Crippen molar-refractivity contribution in [3.8, 4) is 0 Å². The van der Waals surface area contributed by atoms with E-state index in [0.29, 0.717) is 19.4 Å². The van der Waals surface area contributed by atoms with Crippen molar-refractivity contribution in [2.24, 2.45) is 0 Å².